The van der Waals surface area contributed by atoms with Crippen molar-refractivity contribution in [3.05, 3.63) is 66.5 Å². The number of fused-ring (bicyclic) bond motifs is 1. The van der Waals surface area contributed by atoms with Crippen LogP contribution in [0.2, 0.25) is 0 Å². The second-order valence-corrected chi connectivity index (χ2v) is 7.58. The molecule has 0 radical (unpaired) electrons. The Hall–Kier alpha value is -3.65. The van der Waals surface area contributed by atoms with Crippen molar-refractivity contribution in [3.63, 3.8) is 0 Å². The Kier molecular flexibility index (Phi) is 5.37. The molecule has 8 heteroatoms. The van der Waals surface area contributed by atoms with Crippen molar-refractivity contribution in [2.24, 2.45) is 0 Å². The summed E-state index contributed by atoms with van der Waals surface area (Å²) >= 11 is 0. The molecule has 5 rings (SSSR count). The summed E-state index contributed by atoms with van der Waals surface area (Å²) in [5.74, 6) is 2.23. The fourth-order valence-electron chi connectivity index (χ4n) is 3.81. The van der Waals surface area contributed by atoms with Crippen molar-refractivity contribution in [1.82, 2.24) is 24.8 Å². The molecule has 4 aromatic rings. The van der Waals surface area contributed by atoms with Gasteiger partial charge in [0.15, 0.2) is 11.5 Å². The number of anilines is 3. The zero-order valence-electron chi connectivity index (χ0n) is 17.5. The van der Waals surface area contributed by atoms with Gasteiger partial charge in [0.2, 0.25) is 5.95 Å². The standard InChI is InChI=1S/C23H25N7O/c1-31-19-9-7-18(8-10-19)26-22-20-21(25-16-24-20)27-23(28-22)30-13-11-29(12-14-30)15-17-5-3-2-4-6-17/h2-10,16H,11-15H2,1H3,(H2,24,25,26,27,28). The van der Waals surface area contributed by atoms with E-state index in [-0.39, 0.29) is 0 Å². The van der Waals surface area contributed by atoms with Gasteiger partial charge in [0.25, 0.3) is 0 Å². The second-order valence-electron chi connectivity index (χ2n) is 7.58. The molecule has 2 aromatic carbocycles. The summed E-state index contributed by atoms with van der Waals surface area (Å²) in [7, 11) is 1.66. The third-order valence-corrected chi connectivity index (χ3v) is 5.53. The average Bonchev–Trinajstić information content (AvgIpc) is 3.30. The molecule has 0 saturated carbocycles. The molecular weight excluding hydrogens is 390 g/mol. The predicted molar refractivity (Wildman–Crippen MR) is 122 cm³/mol. The lowest BCUT2D eigenvalue weighted by molar-refractivity contribution is 0.249. The van der Waals surface area contributed by atoms with Crippen LogP contribution < -0.4 is 15.0 Å². The summed E-state index contributed by atoms with van der Waals surface area (Å²) in [6, 6.07) is 18.4. The number of hydrogen-bond acceptors (Lipinski definition) is 7. The third kappa shape index (κ3) is 4.29. The molecule has 31 heavy (non-hydrogen) atoms. The highest BCUT2D eigenvalue weighted by Gasteiger charge is 2.21. The summed E-state index contributed by atoms with van der Waals surface area (Å²) in [4.78, 5) is 21.7. The van der Waals surface area contributed by atoms with Crippen LogP contribution in [0.1, 0.15) is 5.56 Å². The first-order valence-electron chi connectivity index (χ1n) is 10.4. The minimum atomic E-state index is 0.660. The van der Waals surface area contributed by atoms with Crippen molar-refractivity contribution >= 4 is 28.6 Å². The van der Waals surface area contributed by atoms with Gasteiger partial charge < -0.3 is 19.9 Å². The molecule has 1 fully saturated rings. The predicted octanol–water partition coefficient (Wildman–Crippen LogP) is 3.43. The minimum absolute atomic E-state index is 0.660. The number of methoxy groups -OCH3 is 1. The number of benzene rings is 2. The Bertz CT molecular complexity index is 1140. The van der Waals surface area contributed by atoms with Gasteiger partial charge in [0.05, 0.1) is 13.4 Å². The third-order valence-electron chi connectivity index (χ3n) is 5.53. The second kappa shape index (κ2) is 8.61. The van der Waals surface area contributed by atoms with E-state index in [4.69, 9.17) is 14.7 Å². The fourth-order valence-corrected chi connectivity index (χ4v) is 3.81. The number of aromatic nitrogens is 4. The number of H-pyrrole nitrogens is 1. The monoisotopic (exact) mass is 415 g/mol. The van der Waals surface area contributed by atoms with E-state index in [9.17, 15) is 0 Å². The lowest BCUT2D eigenvalue weighted by atomic mass is 10.2. The molecule has 0 amide bonds. The van der Waals surface area contributed by atoms with E-state index in [1.54, 1.807) is 13.4 Å². The number of ether oxygens (including phenoxy) is 1. The number of piperazine rings is 1. The number of rotatable bonds is 6. The van der Waals surface area contributed by atoms with Gasteiger partial charge in [0, 0.05) is 38.4 Å². The molecular formula is C23H25N7O. The van der Waals surface area contributed by atoms with Crippen LogP contribution in [-0.4, -0.2) is 58.1 Å². The van der Waals surface area contributed by atoms with Crippen LogP contribution in [-0.2, 0) is 6.54 Å². The summed E-state index contributed by atoms with van der Waals surface area (Å²) in [5.41, 5.74) is 3.72. The molecule has 3 heterocycles. The molecule has 2 aromatic heterocycles. The molecule has 0 spiro atoms. The van der Waals surface area contributed by atoms with Crippen molar-refractivity contribution in [2.75, 3.05) is 43.5 Å². The number of hydrogen-bond donors (Lipinski definition) is 2. The van der Waals surface area contributed by atoms with E-state index in [0.29, 0.717) is 11.6 Å². The van der Waals surface area contributed by atoms with Gasteiger partial charge in [-0.15, -0.1) is 0 Å². The zero-order valence-corrected chi connectivity index (χ0v) is 17.5. The number of aromatic amines is 1. The van der Waals surface area contributed by atoms with Crippen molar-refractivity contribution in [3.8, 4) is 5.75 Å². The fraction of sp³-hybridized carbons (Fsp3) is 0.261. The minimum Gasteiger partial charge on any atom is -0.497 e. The van der Waals surface area contributed by atoms with Crippen molar-refractivity contribution in [1.29, 1.82) is 0 Å². The lowest BCUT2D eigenvalue weighted by Crippen LogP contribution is -2.46. The molecule has 0 unspecified atom stereocenters. The topological polar surface area (TPSA) is 82.2 Å². The van der Waals surface area contributed by atoms with Crippen LogP contribution >= 0.6 is 0 Å². The number of nitrogens with one attached hydrogen (secondary N) is 2. The van der Waals surface area contributed by atoms with Crippen molar-refractivity contribution < 1.29 is 4.74 Å². The molecule has 0 bridgehead atoms. The molecule has 1 saturated heterocycles. The molecule has 1 aliphatic heterocycles. The van der Waals surface area contributed by atoms with E-state index < -0.39 is 0 Å². The number of imidazole rings is 1. The Morgan fingerprint density at radius 2 is 1.74 bits per heavy atom. The molecule has 0 aliphatic carbocycles. The largest absolute Gasteiger partial charge is 0.497 e. The smallest absolute Gasteiger partial charge is 0.229 e. The highest BCUT2D eigenvalue weighted by Crippen LogP contribution is 2.26. The first kappa shape index (κ1) is 19.3. The Morgan fingerprint density at radius 1 is 0.968 bits per heavy atom. The molecule has 8 nitrogen and oxygen atoms in total. The normalized spacial score (nSPS) is 14.7. The van der Waals surface area contributed by atoms with Crippen molar-refractivity contribution in [2.45, 2.75) is 6.54 Å². The maximum absolute atomic E-state index is 5.24. The van der Waals surface area contributed by atoms with E-state index in [0.717, 1.165) is 55.5 Å². The van der Waals surface area contributed by atoms with E-state index in [1.807, 2.05) is 24.3 Å². The first-order chi connectivity index (χ1) is 15.3. The molecule has 0 atom stereocenters. The van der Waals surface area contributed by atoms with Gasteiger partial charge >= 0.3 is 0 Å². The van der Waals surface area contributed by atoms with Crippen LogP contribution in [0.25, 0.3) is 11.2 Å². The van der Waals surface area contributed by atoms with E-state index >= 15 is 0 Å². The van der Waals surface area contributed by atoms with Crippen LogP contribution in [0, 0.1) is 0 Å². The zero-order chi connectivity index (χ0) is 21.0. The highest BCUT2D eigenvalue weighted by molar-refractivity contribution is 5.86. The summed E-state index contributed by atoms with van der Waals surface area (Å²) in [6.45, 7) is 4.67. The maximum atomic E-state index is 5.24. The summed E-state index contributed by atoms with van der Waals surface area (Å²) in [6.07, 6.45) is 1.65. The van der Waals surface area contributed by atoms with Crippen LogP contribution in [0.4, 0.5) is 17.5 Å². The van der Waals surface area contributed by atoms with Gasteiger partial charge in [-0.25, -0.2) is 4.98 Å². The Balaban J connectivity index is 1.32. The van der Waals surface area contributed by atoms with Gasteiger partial charge in [-0.2, -0.15) is 9.97 Å². The van der Waals surface area contributed by atoms with E-state index in [2.05, 4.69) is 55.4 Å². The SMILES string of the molecule is COc1ccc(Nc2nc(N3CCN(Cc4ccccc4)CC3)nc3nc[nH]c23)cc1. The summed E-state index contributed by atoms with van der Waals surface area (Å²) in [5, 5.41) is 3.39. The summed E-state index contributed by atoms with van der Waals surface area (Å²) < 4.78 is 5.24. The Morgan fingerprint density at radius 3 is 2.48 bits per heavy atom. The average molecular weight is 416 g/mol. The maximum Gasteiger partial charge on any atom is 0.229 e. The quantitative estimate of drug-likeness (QED) is 0.499. The highest BCUT2D eigenvalue weighted by atomic mass is 16.5. The lowest BCUT2D eigenvalue weighted by Gasteiger charge is -2.34. The van der Waals surface area contributed by atoms with Crippen LogP contribution in [0.5, 0.6) is 5.75 Å². The first-order valence-corrected chi connectivity index (χ1v) is 10.4. The number of nitrogens with zero attached hydrogens (tertiary/aromatic N) is 5. The van der Waals surface area contributed by atoms with Gasteiger partial charge in [-0.1, -0.05) is 30.3 Å². The Labute approximate surface area is 180 Å². The molecule has 1 aliphatic rings. The van der Waals surface area contributed by atoms with Gasteiger partial charge in [-0.3, -0.25) is 4.90 Å². The van der Waals surface area contributed by atoms with E-state index in [1.165, 1.54) is 5.56 Å². The van der Waals surface area contributed by atoms with Crippen LogP contribution in [0.3, 0.4) is 0 Å². The van der Waals surface area contributed by atoms with Crippen LogP contribution in [0.15, 0.2) is 60.9 Å². The molecule has 158 valence electrons. The van der Waals surface area contributed by atoms with Gasteiger partial charge in [-0.05, 0) is 29.8 Å². The molecule has 2 N–H and O–H groups in total. The van der Waals surface area contributed by atoms with Gasteiger partial charge in [0.1, 0.15) is 11.3 Å².